The molecule has 7 nitrogen and oxygen atoms in total. The molecule has 2 aromatic heterocycles. The molecule has 4 heterocycles. The standard InChI is InChI=1S/C34H37BN6O/c1-23-8-6-7-11-27(23)21-36-32-18-16-30-34(26-12-14-28(15-13-26)37-24(2)42)31-17-19-33(41(31)35-40(30)32)39-22-29(38-39)20-25-9-4-3-5-10-25/h6-8,11-19,22,25,36,38H,3-5,9-10,20-21H2,1-2H3,(H,37,42)/q+1. The molecule has 0 spiro atoms. The number of fused-ring (bicyclic) bond motifs is 2. The molecular weight excluding hydrogens is 519 g/mol. The van der Waals surface area contributed by atoms with Gasteiger partial charge in [0.1, 0.15) is 11.9 Å². The van der Waals surface area contributed by atoms with Gasteiger partial charge in [0.25, 0.3) is 5.84 Å². The highest BCUT2D eigenvalue weighted by Gasteiger charge is 2.36. The van der Waals surface area contributed by atoms with E-state index in [1.165, 1.54) is 55.8 Å². The van der Waals surface area contributed by atoms with Gasteiger partial charge in [-0.2, -0.15) is 0 Å². The van der Waals surface area contributed by atoms with Crippen LogP contribution in [0.25, 0.3) is 5.57 Å². The quantitative estimate of drug-likeness (QED) is 0.234. The summed E-state index contributed by atoms with van der Waals surface area (Å²) in [6.07, 6.45) is 14.6. The highest BCUT2D eigenvalue weighted by molar-refractivity contribution is 6.30. The number of aromatic amines is 1. The van der Waals surface area contributed by atoms with Gasteiger partial charge in [-0.3, -0.25) is 9.28 Å². The molecule has 2 aromatic carbocycles. The lowest BCUT2D eigenvalue weighted by Gasteiger charge is -2.24. The summed E-state index contributed by atoms with van der Waals surface area (Å²) in [5, 5.41) is 10.2. The maximum Gasteiger partial charge on any atom is 0.553 e. The number of aromatic nitrogens is 3. The van der Waals surface area contributed by atoms with Crippen molar-refractivity contribution in [3.63, 3.8) is 0 Å². The normalized spacial score (nSPS) is 16.4. The zero-order chi connectivity index (χ0) is 28.6. The minimum absolute atomic E-state index is 0.0719. The molecule has 7 rings (SSSR count). The molecule has 0 saturated heterocycles. The monoisotopic (exact) mass is 556 g/mol. The summed E-state index contributed by atoms with van der Waals surface area (Å²) in [5.41, 5.74) is 9.17. The van der Waals surface area contributed by atoms with Crippen molar-refractivity contribution in [3.05, 3.63) is 113 Å². The number of anilines is 2. The number of benzene rings is 2. The third-order valence-corrected chi connectivity index (χ3v) is 8.80. The van der Waals surface area contributed by atoms with Crippen molar-refractivity contribution in [2.24, 2.45) is 5.92 Å². The van der Waals surface area contributed by atoms with E-state index < -0.39 is 0 Å². The Morgan fingerprint density at radius 2 is 1.81 bits per heavy atom. The Labute approximate surface area is 247 Å². The van der Waals surface area contributed by atoms with Crippen LogP contribution in [0.4, 0.5) is 11.5 Å². The smallest absolute Gasteiger partial charge is 0.368 e. The van der Waals surface area contributed by atoms with Crippen LogP contribution < -0.4 is 10.6 Å². The zero-order valence-electron chi connectivity index (χ0n) is 24.4. The van der Waals surface area contributed by atoms with Crippen LogP contribution in [0.2, 0.25) is 0 Å². The lowest BCUT2D eigenvalue weighted by atomic mass is 9.86. The van der Waals surface area contributed by atoms with Crippen LogP contribution in [0.15, 0.2) is 84.7 Å². The third kappa shape index (κ3) is 5.06. The van der Waals surface area contributed by atoms with Crippen molar-refractivity contribution in [1.29, 1.82) is 0 Å². The van der Waals surface area contributed by atoms with Crippen molar-refractivity contribution in [1.82, 2.24) is 14.3 Å². The fraction of sp³-hybridized carbons (Fsp3) is 0.294. The third-order valence-electron chi connectivity index (χ3n) is 8.80. The van der Waals surface area contributed by atoms with Gasteiger partial charge in [0, 0.05) is 36.5 Å². The first-order valence-electron chi connectivity index (χ1n) is 15.1. The van der Waals surface area contributed by atoms with Gasteiger partial charge in [-0.05, 0) is 66.3 Å². The van der Waals surface area contributed by atoms with Crippen molar-refractivity contribution in [3.8, 4) is 0 Å². The van der Waals surface area contributed by atoms with Gasteiger partial charge >= 0.3 is 7.55 Å². The van der Waals surface area contributed by atoms with E-state index in [0.717, 1.165) is 58.8 Å². The van der Waals surface area contributed by atoms with Crippen molar-refractivity contribution in [2.75, 3.05) is 10.6 Å². The second kappa shape index (κ2) is 11.1. The molecule has 211 valence electrons. The van der Waals surface area contributed by atoms with E-state index in [2.05, 4.69) is 111 Å². The van der Waals surface area contributed by atoms with Crippen LogP contribution >= 0.6 is 0 Å². The van der Waals surface area contributed by atoms with Gasteiger partial charge in [0.05, 0.1) is 11.5 Å². The molecule has 3 aliphatic rings. The van der Waals surface area contributed by atoms with Gasteiger partial charge in [-0.25, -0.2) is 5.10 Å². The highest BCUT2D eigenvalue weighted by Crippen LogP contribution is 2.36. The van der Waals surface area contributed by atoms with Crippen LogP contribution in [-0.4, -0.2) is 38.0 Å². The molecule has 8 heteroatoms. The number of carbonyl (C=O) groups is 1. The van der Waals surface area contributed by atoms with Gasteiger partial charge < -0.3 is 15.1 Å². The molecule has 2 aliphatic heterocycles. The molecule has 3 N–H and O–H groups in total. The van der Waals surface area contributed by atoms with Crippen LogP contribution in [0.1, 0.15) is 67.1 Å². The van der Waals surface area contributed by atoms with Crippen LogP contribution in [0, 0.1) is 12.8 Å². The highest BCUT2D eigenvalue weighted by atomic mass is 16.1. The van der Waals surface area contributed by atoms with Gasteiger partial charge in [-0.15, -0.1) is 4.68 Å². The molecular formula is C34H37BN6O+. The summed E-state index contributed by atoms with van der Waals surface area (Å²) in [5.74, 6) is 2.85. The van der Waals surface area contributed by atoms with Gasteiger partial charge in [0.15, 0.2) is 0 Å². The van der Waals surface area contributed by atoms with Crippen LogP contribution in [0.5, 0.6) is 0 Å². The first kappa shape index (κ1) is 26.4. The molecule has 4 aromatic rings. The van der Waals surface area contributed by atoms with E-state index in [1.807, 2.05) is 12.1 Å². The number of hydrogen-bond acceptors (Lipinski definition) is 2. The summed E-state index contributed by atoms with van der Waals surface area (Å²) in [6, 6.07) is 21.0. The molecule has 0 unspecified atom stereocenters. The SMILES string of the molecule is CC(=O)Nc1ccc(C2=C3C=CC(n4cc(CC5CCCCC5)[nH]4)=[N+]3[B]n3c(NCc4ccccc4C)ccc32)cc1. The van der Waals surface area contributed by atoms with Crippen molar-refractivity contribution >= 4 is 36.4 Å². The van der Waals surface area contributed by atoms with Crippen molar-refractivity contribution in [2.45, 2.75) is 58.9 Å². The Hall–Kier alpha value is -4.46. The van der Waals surface area contributed by atoms with E-state index in [-0.39, 0.29) is 5.91 Å². The number of rotatable bonds is 7. The lowest BCUT2D eigenvalue weighted by molar-refractivity contribution is -0.316. The maximum atomic E-state index is 11.6. The minimum Gasteiger partial charge on any atom is -0.368 e. The molecule has 1 saturated carbocycles. The predicted molar refractivity (Wildman–Crippen MR) is 170 cm³/mol. The number of allylic oxidation sites excluding steroid dienone is 2. The summed E-state index contributed by atoms with van der Waals surface area (Å²) >= 11 is 0. The number of nitrogens with zero attached hydrogens (tertiary/aromatic N) is 3. The Kier molecular flexibility index (Phi) is 6.98. The molecule has 1 fully saturated rings. The number of hydrogen-bond donors (Lipinski definition) is 3. The van der Waals surface area contributed by atoms with E-state index in [9.17, 15) is 4.79 Å². The summed E-state index contributed by atoms with van der Waals surface area (Å²) in [7, 11) is 2.18. The van der Waals surface area contributed by atoms with Gasteiger partial charge in [0.2, 0.25) is 5.91 Å². The lowest BCUT2D eigenvalue weighted by Crippen LogP contribution is -2.36. The Morgan fingerprint density at radius 1 is 1.02 bits per heavy atom. The Bertz CT molecular complexity index is 1710. The average molecular weight is 557 g/mol. The average Bonchev–Trinajstić information content (AvgIpc) is 3.58. The van der Waals surface area contributed by atoms with Crippen molar-refractivity contribution < 1.29 is 9.28 Å². The van der Waals surface area contributed by atoms with Crippen LogP contribution in [0.3, 0.4) is 0 Å². The molecule has 42 heavy (non-hydrogen) atoms. The number of nitrogens with one attached hydrogen (secondary N) is 3. The molecule has 1 radical (unpaired) electrons. The summed E-state index contributed by atoms with van der Waals surface area (Å²) < 4.78 is 6.66. The fourth-order valence-corrected chi connectivity index (χ4v) is 6.57. The number of amides is 1. The zero-order valence-corrected chi connectivity index (χ0v) is 24.4. The van der Waals surface area contributed by atoms with E-state index in [1.54, 1.807) is 0 Å². The predicted octanol–water partition coefficient (Wildman–Crippen LogP) is 6.30. The minimum atomic E-state index is -0.0719. The Morgan fingerprint density at radius 3 is 2.57 bits per heavy atom. The number of aryl methyl sites for hydroxylation is 1. The van der Waals surface area contributed by atoms with Crippen LogP contribution in [-0.2, 0) is 17.8 Å². The Balaban J connectivity index is 1.24. The second-order valence-electron chi connectivity index (χ2n) is 11.8. The van der Waals surface area contributed by atoms with E-state index in [0.29, 0.717) is 0 Å². The molecule has 1 amide bonds. The summed E-state index contributed by atoms with van der Waals surface area (Å²) in [4.78, 5) is 11.6. The van der Waals surface area contributed by atoms with Gasteiger partial charge in [-0.1, -0.05) is 68.5 Å². The molecule has 1 aliphatic carbocycles. The second-order valence-corrected chi connectivity index (χ2v) is 11.8. The summed E-state index contributed by atoms with van der Waals surface area (Å²) in [6.45, 7) is 4.43. The van der Waals surface area contributed by atoms with E-state index in [4.69, 9.17) is 0 Å². The molecule has 0 bridgehead atoms. The largest absolute Gasteiger partial charge is 0.553 e. The first-order valence-corrected chi connectivity index (χ1v) is 15.1. The fourth-order valence-electron chi connectivity index (χ4n) is 6.57. The maximum absolute atomic E-state index is 11.6. The number of H-pyrrole nitrogens is 1. The first-order chi connectivity index (χ1) is 20.5. The molecule has 0 atom stereocenters. The number of carbonyl (C=O) groups excluding carboxylic acids is 1. The topological polar surface area (TPSA) is 69.8 Å². The van der Waals surface area contributed by atoms with E-state index >= 15 is 0 Å².